The van der Waals surface area contributed by atoms with Crippen LogP contribution in [0.3, 0.4) is 0 Å². The molecule has 2 amide bonds. The van der Waals surface area contributed by atoms with Crippen LogP contribution in [-0.2, 0) is 32.6 Å². The Morgan fingerprint density at radius 2 is 1.53 bits per heavy atom. The SMILES string of the molecule is CCOc1ccccc1N(CC(=O)N(Cc1ccc(Br)cc1)[C@@H](Cc1ccccc1)C(=O)NC)S(=O)(=O)c1ccc(SC)cc1. The summed E-state index contributed by atoms with van der Waals surface area (Å²) in [5.74, 6) is -0.581. The van der Waals surface area contributed by atoms with Crippen molar-refractivity contribution in [2.75, 3.05) is 30.8 Å². The van der Waals surface area contributed by atoms with Gasteiger partial charge in [-0.2, -0.15) is 0 Å². The Balaban J connectivity index is 1.82. The van der Waals surface area contributed by atoms with Crippen LogP contribution in [0.25, 0.3) is 0 Å². The Kier molecular flexibility index (Phi) is 12.1. The zero-order valence-electron chi connectivity index (χ0n) is 25.4. The van der Waals surface area contributed by atoms with Crippen molar-refractivity contribution in [1.29, 1.82) is 0 Å². The van der Waals surface area contributed by atoms with Gasteiger partial charge in [0.05, 0.1) is 17.2 Å². The van der Waals surface area contributed by atoms with Gasteiger partial charge in [-0.05, 0) is 72.8 Å². The number of amides is 2. The molecular weight excluding hydrogens is 674 g/mol. The largest absolute Gasteiger partial charge is 0.492 e. The van der Waals surface area contributed by atoms with Crippen LogP contribution in [0.1, 0.15) is 18.1 Å². The van der Waals surface area contributed by atoms with Crippen LogP contribution in [-0.4, -0.2) is 57.6 Å². The molecule has 4 aromatic rings. The highest BCUT2D eigenvalue weighted by Crippen LogP contribution is 2.33. The van der Waals surface area contributed by atoms with E-state index in [0.29, 0.717) is 12.4 Å². The van der Waals surface area contributed by atoms with Crippen molar-refractivity contribution in [3.05, 3.63) is 119 Å². The Labute approximate surface area is 278 Å². The first-order valence-corrected chi connectivity index (χ1v) is 17.8. The standard InChI is InChI=1S/C34H36BrN3O5S2/c1-4-43-32-13-9-8-12-30(32)38(45(41,42)29-20-18-28(44-3)19-21-29)24-33(39)37(23-26-14-16-27(35)17-15-26)31(34(40)36-2)22-25-10-6-5-7-11-25/h5-21,31H,4,22-24H2,1-3H3,(H,36,40)/t31-/m0/s1. The number of ether oxygens (including phenoxy) is 1. The van der Waals surface area contributed by atoms with Gasteiger partial charge in [-0.25, -0.2) is 8.42 Å². The summed E-state index contributed by atoms with van der Waals surface area (Å²) in [6.45, 7) is 1.63. The van der Waals surface area contributed by atoms with E-state index in [-0.39, 0.29) is 29.5 Å². The summed E-state index contributed by atoms with van der Waals surface area (Å²) in [7, 11) is -2.72. The van der Waals surface area contributed by atoms with Crippen molar-refractivity contribution >= 4 is 55.2 Å². The van der Waals surface area contributed by atoms with E-state index in [4.69, 9.17) is 4.74 Å². The summed E-state index contributed by atoms with van der Waals surface area (Å²) in [4.78, 5) is 30.3. The van der Waals surface area contributed by atoms with Crippen LogP contribution < -0.4 is 14.4 Å². The number of sulfonamides is 1. The number of nitrogens with zero attached hydrogens (tertiary/aromatic N) is 2. The van der Waals surface area contributed by atoms with Gasteiger partial charge in [0, 0.05) is 29.4 Å². The Morgan fingerprint density at radius 3 is 2.16 bits per heavy atom. The van der Waals surface area contributed by atoms with Gasteiger partial charge >= 0.3 is 0 Å². The molecule has 0 aliphatic heterocycles. The molecule has 0 aliphatic rings. The first-order chi connectivity index (χ1) is 21.7. The lowest BCUT2D eigenvalue weighted by Crippen LogP contribution is -2.53. The number of halogens is 1. The molecule has 0 bridgehead atoms. The monoisotopic (exact) mass is 709 g/mol. The molecule has 45 heavy (non-hydrogen) atoms. The van der Waals surface area contributed by atoms with Crippen molar-refractivity contribution in [2.24, 2.45) is 0 Å². The molecule has 0 saturated carbocycles. The maximum atomic E-state index is 14.5. The minimum absolute atomic E-state index is 0.0333. The van der Waals surface area contributed by atoms with E-state index >= 15 is 0 Å². The molecule has 0 spiro atoms. The fraction of sp³-hybridized carbons (Fsp3) is 0.235. The Morgan fingerprint density at radius 1 is 0.889 bits per heavy atom. The molecule has 0 fully saturated rings. The van der Waals surface area contributed by atoms with Gasteiger partial charge in [-0.1, -0.05) is 70.5 Å². The average Bonchev–Trinajstić information content (AvgIpc) is 3.06. The molecule has 1 N–H and O–H groups in total. The lowest BCUT2D eigenvalue weighted by atomic mass is 10.0. The Hall–Kier alpha value is -3.80. The number of hydrogen-bond donors (Lipinski definition) is 1. The molecule has 0 unspecified atom stereocenters. The van der Waals surface area contributed by atoms with Crippen molar-refractivity contribution in [2.45, 2.75) is 35.7 Å². The minimum atomic E-state index is -4.25. The number of carbonyl (C=O) groups is 2. The first kappa shape index (κ1) is 34.1. The summed E-state index contributed by atoms with van der Waals surface area (Å²) in [5, 5.41) is 2.70. The van der Waals surface area contributed by atoms with Crippen LogP contribution in [0.15, 0.2) is 117 Å². The second kappa shape index (κ2) is 16.0. The van der Waals surface area contributed by atoms with E-state index in [2.05, 4.69) is 21.2 Å². The van der Waals surface area contributed by atoms with Crippen molar-refractivity contribution in [3.63, 3.8) is 0 Å². The van der Waals surface area contributed by atoms with Crippen LogP contribution in [0, 0.1) is 0 Å². The zero-order chi connectivity index (χ0) is 32.4. The number of nitrogens with one attached hydrogen (secondary N) is 1. The van der Waals surface area contributed by atoms with Gasteiger partial charge in [-0.15, -0.1) is 11.8 Å². The van der Waals surface area contributed by atoms with Crippen LogP contribution in [0.4, 0.5) is 5.69 Å². The maximum absolute atomic E-state index is 14.5. The summed E-state index contributed by atoms with van der Waals surface area (Å²) >= 11 is 4.94. The van der Waals surface area contributed by atoms with Gasteiger partial charge < -0.3 is 15.0 Å². The number of para-hydroxylation sites is 2. The second-order valence-corrected chi connectivity index (χ2v) is 13.7. The topological polar surface area (TPSA) is 96.0 Å². The maximum Gasteiger partial charge on any atom is 0.264 e. The molecule has 11 heteroatoms. The van der Waals surface area contributed by atoms with Crippen LogP contribution in [0.2, 0.25) is 0 Å². The van der Waals surface area contributed by atoms with Gasteiger partial charge in [0.1, 0.15) is 18.3 Å². The highest BCUT2D eigenvalue weighted by atomic mass is 79.9. The third-order valence-corrected chi connectivity index (χ3v) is 10.2. The molecule has 8 nitrogen and oxygen atoms in total. The normalized spacial score (nSPS) is 11.8. The second-order valence-electron chi connectivity index (χ2n) is 10.1. The third-order valence-electron chi connectivity index (χ3n) is 7.14. The van der Waals surface area contributed by atoms with Crippen LogP contribution >= 0.6 is 27.7 Å². The fourth-order valence-electron chi connectivity index (χ4n) is 4.84. The summed E-state index contributed by atoms with van der Waals surface area (Å²) in [6.07, 6.45) is 2.15. The molecule has 0 saturated heterocycles. The van der Waals surface area contributed by atoms with Gasteiger partial charge in [0.2, 0.25) is 11.8 Å². The van der Waals surface area contributed by atoms with E-state index in [1.165, 1.54) is 35.8 Å². The molecule has 1 atom stereocenters. The lowest BCUT2D eigenvalue weighted by Gasteiger charge is -2.34. The highest BCUT2D eigenvalue weighted by Gasteiger charge is 2.35. The minimum Gasteiger partial charge on any atom is -0.492 e. The molecule has 0 radical (unpaired) electrons. The fourth-order valence-corrected chi connectivity index (χ4v) is 6.93. The molecular formula is C34H36BrN3O5S2. The van der Waals surface area contributed by atoms with Gasteiger partial charge in [-0.3, -0.25) is 13.9 Å². The third kappa shape index (κ3) is 8.68. The molecule has 0 aromatic heterocycles. The van der Waals surface area contributed by atoms with Crippen LogP contribution in [0.5, 0.6) is 5.75 Å². The van der Waals surface area contributed by atoms with E-state index in [1.807, 2.05) is 60.9 Å². The molecule has 236 valence electrons. The number of rotatable bonds is 14. The van der Waals surface area contributed by atoms with Gasteiger partial charge in [0.15, 0.2) is 0 Å². The van der Waals surface area contributed by atoms with E-state index in [9.17, 15) is 18.0 Å². The number of likely N-dealkylation sites (N-methyl/N-ethyl adjacent to an activating group) is 1. The first-order valence-electron chi connectivity index (χ1n) is 14.4. The number of anilines is 1. The molecule has 4 rings (SSSR count). The lowest BCUT2D eigenvalue weighted by molar-refractivity contribution is -0.139. The summed E-state index contributed by atoms with van der Waals surface area (Å²) < 4.78 is 36.4. The predicted octanol–water partition coefficient (Wildman–Crippen LogP) is 6.15. The summed E-state index contributed by atoms with van der Waals surface area (Å²) in [6, 6.07) is 29.2. The predicted molar refractivity (Wildman–Crippen MR) is 183 cm³/mol. The van der Waals surface area contributed by atoms with Crippen molar-refractivity contribution in [3.8, 4) is 5.75 Å². The average molecular weight is 711 g/mol. The number of hydrogen-bond acceptors (Lipinski definition) is 6. The molecule has 0 heterocycles. The van der Waals surface area contributed by atoms with Crippen molar-refractivity contribution in [1.82, 2.24) is 10.2 Å². The smallest absolute Gasteiger partial charge is 0.264 e. The quantitative estimate of drug-likeness (QED) is 0.158. The van der Waals surface area contributed by atoms with Crippen molar-refractivity contribution < 1.29 is 22.7 Å². The molecule has 0 aliphatic carbocycles. The number of carbonyl (C=O) groups excluding carboxylic acids is 2. The number of thioether (sulfide) groups is 1. The molecule has 4 aromatic carbocycles. The zero-order valence-corrected chi connectivity index (χ0v) is 28.6. The van der Waals surface area contributed by atoms with E-state index in [1.54, 1.807) is 43.3 Å². The van der Waals surface area contributed by atoms with Gasteiger partial charge in [0.25, 0.3) is 10.0 Å². The summed E-state index contributed by atoms with van der Waals surface area (Å²) in [5.41, 5.74) is 1.87. The number of benzene rings is 4. The Bertz CT molecular complexity index is 1690. The van der Waals surface area contributed by atoms with E-state index < -0.39 is 28.5 Å². The highest BCUT2D eigenvalue weighted by molar-refractivity contribution is 9.10. The van der Waals surface area contributed by atoms with E-state index in [0.717, 1.165) is 24.8 Å².